The van der Waals surface area contributed by atoms with Crippen LogP contribution in [0.4, 0.5) is 5.69 Å². The zero-order chi connectivity index (χ0) is 31.8. The Bertz CT molecular complexity index is 1210. The van der Waals surface area contributed by atoms with Gasteiger partial charge in [-0.05, 0) is 94.9 Å². The maximum absolute atomic E-state index is 12.7. The average molecular weight is 628 g/mol. The van der Waals surface area contributed by atoms with Gasteiger partial charge in [0.1, 0.15) is 6.54 Å². The van der Waals surface area contributed by atoms with E-state index in [2.05, 4.69) is 95.3 Å². The number of fused-ring (bicyclic) bond motifs is 1. The molecule has 1 N–H and O–H groups in total. The fraction of sp³-hybridized carbons (Fsp3) is 0.600. The van der Waals surface area contributed by atoms with Crippen LogP contribution in [0.5, 0.6) is 0 Å². The number of aromatic nitrogens is 1. The predicted molar refractivity (Wildman–Crippen MR) is 182 cm³/mol. The molecule has 0 saturated heterocycles. The van der Waals surface area contributed by atoms with E-state index in [0.29, 0.717) is 25.8 Å². The Balaban J connectivity index is 1.47. The van der Waals surface area contributed by atoms with E-state index in [1.807, 2.05) is 13.8 Å². The van der Waals surface area contributed by atoms with Crippen molar-refractivity contribution in [3.63, 3.8) is 0 Å². The van der Waals surface area contributed by atoms with Gasteiger partial charge in [-0.25, -0.2) is 4.57 Å². The van der Waals surface area contributed by atoms with E-state index in [1.54, 1.807) is 0 Å². The van der Waals surface area contributed by atoms with Gasteiger partial charge in [-0.2, -0.15) is 0 Å². The van der Waals surface area contributed by atoms with Gasteiger partial charge in [0, 0.05) is 49.8 Å². The minimum absolute atomic E-state index is 0.146. The molecule has 0 spiro atoms. The highest BCUT2D eigenvalue weighted by molar-refractivity contribution is 7.53. The summed E-state index contributed by atoms with van der Waals surface area (Å²) >= 11 is 0. The first-order valence-electron chi connectivity index (χ1n) is 16.7. The van der Waals surface area contributed by atoms with Crippen LogP contribution in [0.15, 0.2) is 42.7 Å². The number of benzene rings is 1. The second kappa shape index (κ2) is 19.1. The molecule has 0 bridgehead atoms. The van der Waals surface area contributed by atoms with E-state index in [0.717, 1.165) is 76.9 Å². The third-order valence-electron chi connectivity index (χ3n) is 8.23. The van der Waals surface area contributed by atoms with Crippen LogP contribution in [0.3, 0.4) is 0 Å². The molecule has 0 aliphatic carbocycles. The van der Waals surface area contributed by atoms with Gasteiger partial charge >= 0.3 is 7.60 Å². The van der Waals surface area contributed by atoms with E-state index < -0.39 is 7.60 Å². The number of hydrogen-bond acceptors (Lipinski definition) is 6. The Labute approximate surface area is 266 Å². The van der Waals surface area contributed by atoms with Gasteiger partial charge in [-0.3, -0.25) is 9.36 Å². The number of pyridine rings is 1. The van der Waals surface area contributed by atoms with Crippen molar-refractivity contribution in [2.24, 2.45) is 0 Å². The predicted octanol–water partition coefficient (Wildman–Crippen LogP) is 6.57. The third-order valence-corrected chi connectivity index (χ3v) is 10.4. The van der Waals surface area contributed by atoms with Crippen LogP contribution in [0.1, 0.15) is 83.4 Å². The molecule has 1 unspecified atom stereocenters. The number of anilines is 1. The molecule has 1 aliphatic heterocycles. The summed E-state index contributed by atoms with van der Waals surface area (Å²) in [7, 11) is -2.99. The van der Waals surface area contributed by atoms with Crippen LogP contribution < -0.4 is 14.8 Å². The van der Waals surface area contributed by atoms with Gasteiger partial charge in [0.25, 0.3) is 0 Å². The lowest BCUT2D eigenvalue weighted by molar-refractivity contribution is -0.696. The summed E-state index contributed by atoms with van der Waals surface area (Å²) in [6.45, 7) is 16.7. The summed E-state index contributed by atoms with van der Waals surface area (Å²) in [6, 6.07) is 11.1. The number of nitrogens with zero attached hydrogens (tertiary/aromatic N) is 3. The van der Waals surface area contributed by atoms with Gasteiger partial charge in [0.15, 0.2) is 12.4 Å². The highest BCUT2D eigenvalue weighted by Crippen LogP contribution is 2.48. The number of nitrogens with one attached hydrogen (secondary N) is 1. The first kappa shape index (κ1) is 36.0. The molecule has 9 heteroatoms. The fourth-order valence-corrected chi connectivity index (χ4v) is 7.42. The molecule has 1 atom stereocenters. The number of aryl methyl sites for hydroxylation is 2. The lowest BCUT2D eigenvalue weighted by Crippen LogP contribution is -2.37. The van der Waals surface area contributed by atoms with Crippen molar-refractivity contribution in [1.82, 2.24) is 10.2 Å². The van der Waals surface area contributed by atoms with E-state index in [1.165, 1.54) is 16.8 Å². The van der Waals surface area contributed by atoms with Crippen LogP contribution >= 0.6 is 7.60 Å². The van der Waals surface area contributed by atoms with Crippen LogP contribution in [0.25, 0.3) is 12.2 Å². The molecule has 244 valence electrons. The molecule has 1 aromatic carbocycles. The van der Waals surface area contributed by atoms with Crippen molar-refractivity contribution in [1.29, 1.82) is 0 Å². The van der Waals surface area contributed by atoms with Crippen LogP contribution in [-0.4, -0.2) is 68.9 Å². The Morgan fingerprint density at radius 2 is 1.75 bits per heavy atom. The molecule has 2 aromatic rings. The van der Waals surface area contributed by atoms with Crippen molar-refractivity contribution in [3.8, 4) is 0 Å². The van der Waals surface area contributed by atoms with Gasteiger partial charge in [0.2, 0.25) is 5.91 Å². The van der Waals surface area contributed by atoms with Crippen molar-refractivity contribution < 1.29 is 23.0 Å². The Morgan fingerprint density at radius 1 is 1.05 bits per heavy atom. The smallest absolute Gasteiger partial charge is 0.330 e. The first-order valence-corrected chi connectivity index (χ1v) is 18.5. The summed E-state index contributed by atoms with van der Waals surface area (Å²) in [4.78, 5) is 17.5. The number of rotatable bonds is 20. The molecule has 1 aromatic heterocycles. The summed E-state index contributed by atoms with van der Waals surface area (Å²) in [5, 5.41) is 3.21. The molecule has 1 aliphatic rings. The van der Waals surface area contributed by atoms with Gasteiger partial charge < -0.3 is 24.2 Å². The quantitative estimate of drug-likeness (QED) is 0.132. The molecule has 0 fully saturated rings. The molecule has 2 heterocycles. The number of amides is 1. The topological polar surface area (TPSA) is 75.0 Å². The van der Waals surface area contributed by atoms with E-state index >= 15 is 0 Å². The molecule has 44 heavy (non-hydrogen) atoms. The minimum Gasteiger partial charge on any atom is -0.371 e. The van der Waals surface area contributed by atoms with Gasteiger partial charge in [0.05, 0.1) is 19.4 Å². The van der Waals surface area contributed by atoms with Crippen molar-refractivity contribution in [2.45, 2.75) is 85.7 Å². The van der Waals surface area contributed by atoms with Gasteiger partial charge in [-0.15, -0.1) is 0 Å². The fourth-order valence-electron chi connectivity index (χ4n) is 5.78. The molecular weight excluding hydrogens is 571 g/mol. The van der Waals surface area contributed by atoms with Crippen molar-refractivity contribution in [2.75, 3.05) is 57.0 Å². The first-order chi connectivity index (χ1) is 21.3. The largest absolute Gasteiger partial charge is 0.371 e. The molecule has 3 rings (SSSR count). The molecule has 0 radical (unpaired) electrons. The standard InChI is InChI=1S/C35H55N4O4P/c1-6-37(7-2)22-10-13-30(5)36-35(40)21-27-39-24-11-14-33-29-32(17-18-34(33)39)16-15-31-19-25-38(26-20-31)23-12-28-44(41,42-8-3)43-9-4/h15-20,25-26,29-30H,6-14,21-24,27-28H2,1-5H3/p+1. The van der Waals surface area contributed by atoms with E-state index in [-0.39, 0.29) is 11.9 Å². The Hall–Kier alpha value is -2.51. The summed E-state index contributed by atoms with van der Waals surface area (Å²) in [5.41, 5.74) is 4.92. The third kappa shape index (κ3) is 12.1. The second-order valence-electron chi connectivity index (χ2n) is 11.6. The summed E-state index contributed by atoms with van der Waals surface area (Å²) in [6.07, 6.45) is 14.4. The molecule has 0 saturated carbocycles. The lowest BCUT2D eigenvalue weighted by Gasteiger charge is -2.31. The van der Waals surface area contributed by atoms with Crippen LogP contribution in [-0.2, 0) is 31.4 Å². The monoisotopic (exact) mass is 627 g/mol. The summed E-state index contributed by atoms with van der Waals surface area (Å²) < 4.78 is 25.5. The van der Waals surface area contributed by atoms with Crippen LogP contribution in [0, 0.1) is 0 Å². The summed E-state index contributed by atoms with van der Waals surface area (Å²) in [5.74, 6) is 0.146. The maximum atomic E-state index is 12.7. The van der Waals surface area contributed by atoms with E-state index in [4.69, 9.17) is 9.05 Å². The highest BCUT2D eigenvalue weighted by atomic mass is 31.2. The zero-order valence-electron chi connectivity index (χ0n) is 27.8. The van der Waals surface area contributed by atoms with Crippen molar-refractivity contribution >= 4 is 31.3 Å². The average Bonchev–Trinajstić information content (AvgIpc) is 3.01. The van der Waals surface area contributed by atoms with Crippen LogP contribution in [0.2, 0.25) is 0 Å². The normalized spacial score (nSPS) is 14.3. The minimum atomic E-state index is -2.99. The highest BCUT2D eigenvalue weighted by Gasteiger charge is 2.23. The number of hydrogen-bond donors (Lipinski definition) is 1. The SMILES string of the molecule is CCOP(=O)(CCC[n+]1ccc(C=Cc2ccc3c(c2)CCCN3CCC(=O)NC(C)CCCN(CC)CC)cc1)OCC. The Morgan fingerprint density at radius 3 is 2.43 bits per heavy atom. The van der Waals surface area contributed by atoms with Crippen molar-refractivity contribution in [3.05, 3.63) is 59.4 Å². The molecule has 8 nitrogen and oxygen atoms in total. The zero-order valence-corrected chi connectivity index (χ0v) is 28.7. The molecule has 1 amide bonds. The number of carbonyl (C=O) groups is 1. The Kier molecular flexibility index (Phi) is 15.6. The second-order valence-corrected chi connectivity index (χ2v) is 13.8. The van der Waals surface area contributed by atoms with E-state index in [9.17, 15) is 9.36 Å². The molecular formula is C35H56N4O4P+. The lowest BCUT2D eigenvalue weighted by atomic mass is 9.98. The maximum Gasteiger partial charge on any atom is 0.330 e. The van der Waals surface area contributed by atoms with Gasteiger partial charge in [-0.1, -0.05) is 32.1 Å². The number of carbonyl (C=O) groups excluding carboxylic acids is 1.